The molecule has 3 rings (SSSR count). The molecule has 2 aromatic rings. The van der Waals surface area contributed by atoms with Crippen molar-refractivity contribution in [3.63, 3.8) is 0 Å². The predicted octanol–water partition coefficient (Wildman–Crippen LogP) is 1.97. The first-order valence-corrected chi connectivity index (χ1v) is 10.7. The van der Waals surface area contributed by atoms with Gasteiger partial charge in [-0.15, -0.1) is 11.3 Å². The summed E-state index contributed by atoms with van der Waals surface area (Å²) in [6.45, 7) is 0.762. The van der Waals surface area contributed by atoms with Crippen LogP contribution in [0.1, 0.15) is 11.1 Å². The lowest BCUT2D eigenvalue weighted by atomic mass is 9.98. The third-order valence-electron chi connectivity index (χ3n) is 4.59. The molecular formula is C18H22N2O5S2. The molecule has 0 saturated carbocycles. The molecule has 27 heavy (non-hydrogen) atoms. The highest BCUT2D eigenvalue weighted by atomic mass is 32.2. The molecule has 0 radical (unpaired) electrons. The lowest BCUT2D eigenvalue weighted by Crippen LogP contribution is -2.43. The van der Waals surface area contributed by atoms with Crippen molar-refractivity contribution in [2.75, 3.05) is 34.4 Å². The van der Waals surface area contributed by atoms with Gasteiger partial charge in [0.2, 0.25) is 5.91 Å². The molecule has 0 spiro atoms. The molecule has 0 saturated heterocycles. The summed E-state index contributed by atoms with van der Waals surface area (Å²) < 4.78 is 37.0. The summed E-state index contributed by atoms with van der Waals surface area (Å²) in [5, 5.41) is 1.70. The van der Waals surface area contributed by atoms with Gasteiger partial charge in [0.1, 0.15) is 4.21 Å². The van der Waals surface area contributed by atoms with E-state index >= 15 is 0 Å². The Morgan fingerprint density at radius 1 is 1.22 bits per heavy atom. The fraction of sp³-hybridized carbons (Fsp3) is 0.389. The van der Waals surface area contributed by atoms with Crippen LogP contribution in [0.4, 0.5) is 0 Å². The molecule has 1 aliphatic heterocycles. The van der Waals surface area contributed by atoms with Crippen LogP contribution in [0, 0.1) is 0 Å². The Labute approximate surface area is 163 Å². The minimum atomic E-state index is -3.64. The van der Waals surface area contributed by atoms with E-state index in [1.807, 2.05) is 12.1 Å². The summed E-state index contributed by atoms with van der Waals surface area (Å²) in [5.74, 6) is 1.05. The van der Waals surface area contributed by atoms with Crippen molar-refractivity contribution in [1.82, 2.24) is 9.21 Å². The fourth-order valence-electron chi connectivity index (χ4n) is 3.04. The molecule has 1 aromatic carbocycles. The van der Waals surface area contributed by atoms with E-state index in [0.717, 1.165) is 26.8 Å². The molecule has 1 amide bonds. The second-order valence-electron chi connectivity index (χ2n) is 6.23. The lowest BCUT2D eigenvalue weighted by molar-refractivity contribution is -0.132. The van der Waals surface area contributed by atoms with E-state index in [0.29, 0.717) is 31.0 Å². The van der Waals surface area contributed by atoms with Gasteiger partial charge in [-0.05, 0) is 41.1 Å². The van der Waals surface area contributed by atoms with E-state index in [-0.39, 0.29) is 16.7 Å². The summed E-state index contributed by atoms with van der Waals surface area (Å²) in [6.07, 6.45) is 0.683. The smallest absolute Gasteiger partial charge is 0.252 e. The molecule has 1 aromatic heterocycles. The van der Waals surface area contributed by atoms with Gasteiger partial charge < -0.3 is 14.4 Å². The number of sulfonamides is 1. The van der Waals surface area contributed by atoms with E-state index in [2.05, 4.69) is 0 Å². The number of hydrogen-bond acceptors (Lipinski definition) is 6. The first-order chi connectivity index (χ1) is 12.9. The quantitative estimate of drug-likeness (QED) is 0.728. The standard InChI is InChI=1S/C18H22N2O5S2/c1-19(27(22,23)18-5-4-8-26-18)12-17(21)20-7-6-13-9-15(24-2)16(25-3)10-14(13)11-20/h4-5,8-10H,6-7,11-12H2,1-3H3. The predicted molar refractivity (Wildman–Crippen MR) is 103 cm³/mol. The number of carbonyl (C=O) groups is 1. The number of nitrogens with zero attached hydrogens (tertiary/aromatic N) is 2. The normalized spacial score (nSPS) is 14.1. The first kappa shape index (κ1) is 19.7. The zero-order valence-electron chi connectivity index (χ0n) is 15.5. The van der Waals surface area contributed by atoms with Gasteiger partial charge in [-0.1, -0.05) is 6.07 Å². The Bertz CT molecular complexity index is 925. The van der Waals surface area contributed by atoms with Crippen LogP contribution in [0.2, 0.25) is 0 Å². The third kappa shape index (κ3) is 3.95. The Balaban J connectivity index is 1.72. The van der Waals surface area contributed by atoms with Gasteiger partial charge in [0.15, 0.2) is 11.5 Å². The van der Waals surface area contributed by atoms with Crippen LogP contribution in [-0.4, -0.2) is 57.9 Å². The number of hydrogen-bond donors (Lipinski definition) is 0. The van der Waals surface area contributed by atoms with Crippen LogP contribution >= 0.6 is 11.3 Å². The van der Waals surface area contributed by atoms with Crippen LogP contribution < -0.4 is 9.47 Å². The molecular weight excluding hydrogens is 388 g/mol. The minimum Gasteiger partial charge on any atom is -0.493 e. The van der Waals surface area contributed by atoms with Crippen LogP contribution in [0.5, 0.6) is 11.5 Å². The van der Waals surface area contributed by atoms with Gasteiger partial charge in [0.05, 0.1) is 20.8 Å². The van der Waals surface area contributed by atoms with Crippen LogP contribution in [0.3, 0.4) is 0 Å². The fourth-order valence-corrected chi connectivity index (χ4v) is 5.36. The molecule has 1 aliphatic rings. The number of rotatable bonds is 6. The zero-order valence-corrected chi connectivity index (χ0v) is 17.1. The summed E-state index contributed by atoms with van der Waals surface area (Å²) in [4.78, 5) is 14.4. The Hall–Kier alpha value is -2.10. The Morgan fingerprint density at radius 3 is 2.48 bits per heavy atom. The zero-order chi connectivity index (χ0) is 19.6. The number of methoxy groups -OCH3 is 2. The van der Waals surface area contributed by atoms with E-state index in [1.54, 1.807) is 30.6 Å². The average Bonchev–Trinajstić information content (AvgIpc) is 3.21. The van der Waals surface area contributed by atoms with E-state index < -0.39 is 10.0 Å². The molecule has 7 nitrogen and oxygen atoms in total. The average molecular weight is 411 g/mol. The Kier molecular flexibility index (Phi) is 5.73. The highest BCUT2D eigenvalue weighted by Gasteiger charge is 2.28. The van der Waals surface area contributed by atoms with Crippen molar-refractivity contribution >= 4 is 27.3 Å². The number of fused-ring (bicyclic) bond motifs is 1. The molecule has 0 aliphatic carbocycles. The van der Waals surface area contributed by atoms with Crippen LogP contribution in [0.15, 0.2) is 33.9 Å². The van der Waals surface area contributed by atoms with Crippen molar-refractivity contribution in [1.29, 1.82) is 0 Å². The largest absolute Gasteiger partial charge is 0.493 e. The number of carbonyl (C=O) groups excluding carboxylic acids is 1. The molecule has 0 unspecified atom stereocenters. The first-order valence-electron chi connectivity index (χ1n) is 8.38. The SMILES string of the molecule is COc1cc2c(cc1OC)CN(C(=O)CN(C)S(=O)(=O)c1cccs1)CC2. The Morgan fingerprint density at radius 2 is 1.89 bits per heavy atom. The van der Waals surface area contributed by atoms with Crippen molar-refractivity contribution in [2.45, 2.75) is 17.2 Å². The number of ether oxygens (including phenoxy) is 2. The highest BCUT2D eigenvalue weighted by Crippen LogP contribution is 2.33. The van der Waals surface area contributed by atoms with E-state index in [4.69, 9.17) is 9.47 Å². The topological polar surface area (TPSA) is 76.2 Å². The summed E-state index contributed by atoms with van der Waals surface area (Å²) in [6, 6.07) is 7.03. The monoisotopic (exact) mass is 410 g/mol. The number of thiophene rings is 1. The third-order valence-corrected chi connectivity index (χ3v) is 7.76. The minimum absolute atomic E-state index is 0.192. The van der Waals surface area contributed by atoms with E-state index in [9.17, 15) is 13.2 Å². The summed E-state index contributed by atoms with van der Waals surface area (Å²) >= 11 is 1.14. The molecule has 0 fully saturated rings. The molecule has 9 heteroatoms. The van der Waals surface area contributed by atoms with Crippen molar-refractivity contribution < 1.29 is 22.7 Å². The summed E-state index contributed by atoms with van der Waals surface area (Å²) in [5.41, 5.74) is 2.09. The van der Waals surface area contributed by atoms with Crippen molar-refractivity contribution in [2.24, 2.45) is 0 Å². The van der Waals surface area contributed by atoms with E-state index in [1.165, 1.54) is 13.1 Å². The summed E-state index contributed by atoms with van der Waals surface area (Å²) in [7, 11) is 0.947. The second-order valence-corrected chi connectivity index (χ2v) is 9.45. The molecule has 2 heterocycles. The van der Waals surface area contributed by atoms with Gasteiger partial charge in [-0.2, -0.15) is 4.31 Å². The highest BCUT2D eigenvalue weighted by molar-refractivity contribution is 7.91. The van der Waals surface area contributed by atoms with Gasteiger partial charge >= 0.3 is 0 Å². The molecule has 0 atom stereocenters. The van der Waals surface area contributed by atoms with Crippen LogP contribution in [-0.2, 0) is 27.8 Å². The van der Waals surface area contributed by atoms with Gasteiger partial charge in [-0.25, -0.2) is 8.42 Å². The maximum atomic E-state index is 12.7. The van der Waals surface area contributed by atoms with Crippen molar-refractivity contribution in [3.8, 4) is 11.5 Å². The molecule has 0 N–H and O–H groups in total. The van der Waals surface area contributed by atoms with Gasteiger partial charge in [-0.3, -0.25) is 4.79 Å². The second kappa shape index (κ2) is 7.87. The molecule has 0 bridgehead atoms. The van der Waals surface area contributed by atoms with Gasteiger partial charge in [0.25, 0.3) is 10.0 Å². The van der Waals surface area contributed by atoms with Crippen LogP contribution in [0.25, 0.3) is 0 Å². The van der Waals surface area contributed by atoms with Crippen molar-refractivity contribution in [3.05, 3.63) is 40.8 Å². The molecule has 146 valence electrons. The number of likely N-dealkylation sites (N-methyl/N-ethyl adjacent to an activating group) is 1. The van der Waals surface area contributed by atoms with Gasteiger partial charge in [0, 0.05) is 20.1 Å². The number of amides is 1. The lowest BCUT2D eigenvalue weighted by Gasteiger charge is -2.30. The maximum Gasteiger partial charge on any atom is 0.252 e. The number of benzene rings is 1. The maximum absolute atomic E-state index is 12.7.